The third-order valence-corrected chi connectivity index (χ3v) is 3.89. The van der Waals surface area contributed by atoms with Crippen LogP contribution in [0.15, 0.2) is 6.20 Å². The maximum absolute atomic E-state index is 12.3. The van der Waals surface area contributed by atoms with Crippen molar-refractivity contribution in [3.8, 4) is 0 Å². The Morgan fingerprint density at radius 2 is 2.00 bits per heavy atom. The van der Waals surface area contributed by atoms with Gasteiger partial charge in [0.05, 0.1) is 11.8 Å². The highest BCUT2D eigenvalue weighted by atomic mass is 16.1. The highest BCUT2D eigenvalue weighted by molar-refractivity contribution is 5.98. The number of aryl methyl sites for hydroxylation is 1. The molecular formula is C13H20N2O. The van der Waals surface area contributed by atoms with Crippen molar-refractivity contribution in [2.45, 2.75) is 39.5 Å². The van der Waals surface area contributed by atoms with Crippen LogP contribution in [0.5, 0.6) is 0 Å². The van der Waals surface area contributed by atoms with Crippen LogP contribution < -0.4 is 0 Å². The quantitative estimate of drug-likeness (QED) is 0.718. The lowest BCUT2D eigenvalue weighted by Crippen LogP contribution is -2.21. The lowest BCUT2D eigenvalue weighted by molar-refractivity contribution is 0.0875. The van der Waals surface area contributed by atoms with Crippen molar-refractivity contribution in [1.29, 1.82) is 0 Å². The highest BCUT2D eigenvalue weighted by Gasteiger charge is 2.27. The van der Waals surface area contributed by atoms with E-state index < -0.39 is 0 Å². The zero-order valence-electron chi connectivity index (χ0n) is 10.4. The first-order valence-electron chi connectivity index (χ1n) is 6.12. The van der Waals surface area contributed by atoms with Crippen LogP contribution in [-0.2, 0) is 7.05 Å². The second kappa shape index (κ2) is 4.40. The fourth-order valence-corrected chi connectivity index (χ4v) is 2.48. The molecule has 88 valence electrons. The average molecular weight is 220 g/mol. The summed E-state index contributed by atoms with van der Waals surface area (Å²) < 4.78 is 1.78. The number of Topliss-reactive ketones (excluding diaryl/α,β-unsaturated/α-hetero) is 1. The van der Waals surface area contributed by atoms with Gasteiger partial charge in [0.1, 0.15) is 0 Å². The zero-order chi connectivity index (χ0) is 11.7. The van der Waals surface area contributed by atoms with Gasteiger partial charge in [0.25, 0.3) is 0 Å². The van der Waals surface area contributed by atoms with Crippen LogP contribution >= 0.6 is 0 Å². The maximum atomic E-state index is 12.3. The summed E-state index contributed by atoms with van der Waals surface area (Å²) in [7, 11) is 1.88. The van der Waals surface area contributed by atoms with Crippen LogP contribution in [0.4, 0.5) is 0 Å². The Balaban J connectivity index is 2.11. The molecule has 0 aliphatic heterocycles. The van der Waals surface area contributed by atoms with Gasteiger partial charge in [-0.1, -0.05) is 19.8 Å². The molecule has 3 heteroatoms. The number of nitrogens with zero attached hydrogens (tertiary/aromatic N) is 2. The van der Waals surface area contributed by atoms with E-state index in [1.807, 2.05) is 14.0 Å². The molecule has 1 fully saturated rings. The second-order valence-corrected chi connectivity index (χ2v) is 5.09. The summed E-state index contributed by atoms with van der Waals surface area (Å²) in [4.78, 5) is 12.3. The summed E-state index contributed by atoms with van der Waals surface area (Å²) in [6.45, 7) is 4.24. The monoisotopic (exact) mass is 220 g/mol. The van der Waals surface area contributed by atoms with Gasteiger partial charge < -0.3 is 0 Å². The standard InChI is InChI=1S/C13H20N2O/c1-9-4-6-11(7-5-9)13(16)12-8-14-15(3)10(12)2/h8-9,11H,4-7H2,1-3H3. The summed E-state index contributed by atoms with van der Waals surface area (Å²) in [6, 6.07) is 0. The van der Waals surface area contributed by atoms with E-state index in [-0.39, 0.29) is 5.92 Å². The topological polar surface area (TPSA) is 34.9 Å². The minimum Gasteiger partial charge on any atom is -0.294 e. The van der Waals surface area contributed by atoms with Crippen LogP contribution in [0, 0.1) is 18.8 Å². The Morgan fingerprint density at radius 3 is 2.50 bits per heavy atom. The van der Waals surface area contributed by atoms with Gasteiger partial charge in [-0.05, 0) is 25.7 Å². The van der Waals surface area contributed by atoms with Gasteiger partial charge in [0.15, 0.2) is 5.78 Å². The van der Waals surface area contributed by atoms with Crippen LogP contribution in [0.2, 0.25) is 0 Å². The molecule has 3 nitrogen and oxygen atoms in total. The number of hydrogen-bond donors (Lipinski definition) is 0. The molecule has 0 amide bonds. The molecule has 1 aromatic rings. The number of rotatable bonds is 2. The van der Waals surface area contributed by atoms with Crippen LogP contribution in [0.25, 0.3) is 0 Å². The summed E-state index contributed by atoms with van der Waals surface area (Å²) >= 11 is 0. The summed E-state index contributed by atoms with van der Waals surface area (Å²) in [5, 5.41) is 4.14. The predicted octanol–water partition coefficient (Wildman–Crippen LogP) is 2.74. The van der Waals surface area contributed by atoms with E-state index >= 15 is 0 Å². The smallest absolute Gasteiger partial charge is 0.169 e. The highest BCUT2D eigenvalue weighted by Crippen LogP contribution is 2.31. The minimum absolute atomic E-state index is 0.235. The minimum atomic E-state index is 0.235. The molecule has 1 aromatic heterocycles. The predicted molar refractivity (Wildman–Crippen MR) is 63.4 cm³/mol. The molecule has 1 aliphatic rings. The Labute approximate surface area is 96.8 Å². The van der Waals surface area contributed by atoms with E-state index in [0.717, 1.165) is 30.0 Å². The first-order valence-corrected chi connectivity index (χ1v) is 6.12. The molecule has 0 atom stereocenters. The fourth-order valence-electron chi connectivity index (χ4n) is 2.48. The van der Waals surface area contributed by atoms with Crippen LogP contribution in [0.1, 0.15) is 48.7 Å². The molecule has 16 heavy (non-hydrogen) atoms. The van der Waals surface area contributed by atoms with E-state index in [2.05, 4.69) is 12.0 Å². The van der Waals surface area contributed by atoms with E-state index in [1.165, 1.54) is 12.8 Å². The van der Waals surface area contributed by atoms with Gasteiger partial charge in [0.2, 0.25) is 0 Å². The second-order valence-electron chi connectivity index (χ2n) is 5.09. The largest absolute Gasteiger partial charge is 0.294 e. The van der Waals surface area contributed by atoms with Gasteiger partial charge in [-0.2, -0.15) is 5.10 Å². The van der Waals surface area contributed by atoms with Gasteiger partial charge in [-0.3, -0.25) is 9.48 Å². The van der Waals surface area contributed by atoms with Crippen molar-refractivity contribution in [3.63, 3.8) is 0 Å². The van der Waals surface area contributed by atoms with Crippen molar-refractivity contribution >= 4 is 5.78 Å². The lowest BCUT2D eigenvalue weighted by Gasteiger charge is -2.24. The fraction of sp³-hybridized carbons (Fsp3) is 0.692. The van der Waals surface area contributed by atoms with E-state index in [9.17, 15) is 4.79 Å². The third-order valence-electron chi connectivity index (χ3n) is 3.89. The normalized spacial score (nSPS) is 25.7. The number of carbonyl (C=O) groups excluding carboxylic acids is 1. The zero-order valence-corrected chi connectivity index (χ0v) is 10.4. The SMILES string of the molecule is Cc1c(C(=O)C2CCC(C)CC2)cnn1C. The van der Waals surface area contributed by atoms with E-state index in [0.29, 0.717) is 5.78 Å². The van der Waals surface area contributed by atoms with Crippen LogP contribution in [0.3, 0.4) is 0 Å². The third kappa shape index (κ3) is 2.04. The van der Waals surface area contributed by atoms with E-state index in [1.54, 1.807) is 10.9 Å². The van der Waals surface area contributed by atoms with Gasteiger partial charge >= 0.3 is 0 Å². The summed E-state index contributed by atoms with van der Waals surface area (Å²) in [5.41, 5.74) is 1.81. The van der Waals surface area contributed by atoms with E-state index in [4.69, 9.17) is 0 Å². The average Bonchev–Trinajstić information content (AvgIpc) is 2.60. The molecule has 0 bridgehead atoms. The van der Waals surface area contributed by atoms with Crippen molar-refractivity contribution in [3.05, 3.63) is 17.5 Å². The Kier molecular flexibility index (Phi) is 3.13. The van der Waals surface area contributed by atoms with Gasteiger partial charge in [-0.15, -0.1) is 0 Å². The van der Waals surface area contributed by atoms with Crippen molar-refractivity contribution < 1.29 is 4.79 Å². The number of hydrogen-bond acceptors (Lipinski definition) is 2. The molecule has 0 aromatic carbocycles. The molecule has 0 spiro atoms. The van der Waals surface area contributed by atoms with Crippen molar-refractivity contribution in [2.24, 2.45) is 18.9 Å². The molecular weight excluding hydrogens is 200 g/mol. The number of aromatic nitrogens is 2. The summed E-state index contributed by atoms with van der Waals surface area (Å²) in [6.07, 6.45) is 6.20. The molecule has 0 saturated heterocycles. The molecule has 1 saturated carbocycles. The van der Waals surface area contributed by atoms with Gasteiger partial charge in [-0.25, -0.2) is 0 Å². The molecule has 1 heterocycles. The Hall–Kier alpha value is -1.12. The lowest BCUT2D eigenvalue weighted by atomic mass is 9.79. The van der Waals surface area contributed by atoms with Gasteiger partial charge in [0, 0.05) is 18.7 Å². The van der Waals surface area contributed by atoms with Crippen LogP contribution in [-0.4, -0.2) is 15.6 Å². The first kappa shape index (κ1) is 11.4. The Bertz CT molecular complexity index is 387. The molecule has 2 rings (SSSR count). The molecule has 0 unspecified atom stereocenters. The van der Waals surface area contributed by atoms with Crippen molar-refractivity contribution in [2.75, 3.05) is 0 Å². The molecule has 1 aliphatic carbocycles. The maximum Gasteiger partial charge on any atom is 0.169 e. The molecule has 0 N–H and O–H groups in total. The Morgan fingerprint density at radius 1 is 1.38 bits per heavy atom. The van der Waals surface area contributed by atoms with Crippen molar-refractivity contribution in [1.82, 2.24) is 9.78 Å². The summed E-state index contributed by atoms with van der Waals surface area (Å²) in [5.74, 6) is 1.33. The number of carbonyl (C=O) groups is 1. The number of ketones is 1. The molecule has 0 radical (unpaired) electrons. The first-order chi connectivity index (χ1) is 7.59.